The smallest absolute Gasteiger partial charge is 0.250 e. The average Bonchev–Trinajstić information content (AvgIpc) is 3.40. The summed E-state index contributed by atoms with van der Waals surface area (Å²) in [4.78, 5) is 12.6. The van der Waals surface area contributed by atoms with E-state index in [0.717, 1.165) is 11.3 Å². The first kappa shape index (κ1) is 26.6. The lowest BCUT2D eigenvalue weighted by molar-refractivity contribution is -0.118. The minimum absolute atomic E-state index is 0.0774. The van der Waals surface area contributed by atoms with Gasteiger partial charge in [0, 0.05) is 22.9 Å². The van der Waals surface area contributed by atoms with Crippen LogP contribution in [0, 0.1) is 0 Å². The average molecular weight is 534 g/mol. The number of ether oxygens (including phenoxy) is 4. The van der Waals surface area contributed by atoms with Gasteiger partial charge in [-0.15, -0.1) is 10.2 Å². The highest BCUT2D eigenvalue weighted by Crippen LogP contribution is 2.34. The Morgan fingerprint density at radius 3 is 2.37 bits per heavy atom. The number of hydrogen-bond acceptors (Lipinski definition) is 9. The molecule has 0 aliphatic carbocycles. The molecule has 0 unspecified atom stereocenters. The van der Waals surface area contributed by atoms with Crippen LogP contribution in [-0.2, 0) is 4.79 Å². The molecule has 0 radical (unpaired) electrons. The Labute approximate surface area is 224 Å². The Hall–Kier alpha value is -4.51. The van der Waals surface area contributed by atoms with E-state index >= 15 is 0 Å². The number of methoxy groups -OCH3 is 4. The predicted octanol–water partition coefficient (Wildman–Crippen LogP) is 4.21. The Morgan fingerprint density at radius 2 is 1.66 bits per heavy atom. The summed E-state index contributed by atoms with van der Waals surface area (Å²) in [6, 6.07) is 20.5. The van der Waals surface area contributed by atoms with E-state index in [2.05, 4.69) is 20.7 Å². The van der Waals surface area contributed by atoms with Gasteiger partial charge in [0.15, 0.2) is 22.5 Å². The Bertz CT molecular complexity index is 1420. The van der Waals surface area contributed by atoms with Gasteiger partial charge in [-0.2, -0.15) is 5.10 Å². The normalized spacial score (nSPS) is 10.8. The van der Waals surface area contributed by atoms with Gasteiger partial charge in [0.05, 0.1) is 40.4 Å². The van der Waals surface area contributed by atoms with Crippen molar-refractivity contribution in [3.63, 3.8) is 0 Å². The molecule has 196 valence electrons. The number of thioether (sulfide) groups is 1. The van der Waals surface area contributed by atoms with Gasteiger partial charge >= 0.3 is 0 Å². The standard InChI is InChI=1S/C27H27N5O5S/c1-34-21-12-10-19(23(15-21)36-3)16-28-29-25(33)17-38-27-31-30-26(32(27)20-8-6-5-7-9-20)18-11-13-22(35-2)24(14-18)37-4/h5-16H,17H2,1-4H3,(H,29,33). The number of amides is 1. The van der Waals surface area contributed by atoms with Crippen LogP contribution in [0.25, 0.3) is 17.1 Å². The fourth-order valence-corrected chi connectivity index (χ4v) is 4.34. The van der Waals surface area contributed by atoms with Crippen LogP contribution in [0.4, 0.5) is 0 Å². The second-order valence-corrected chi connectivity index (χ2v) is 8.68. The van der Waals surface area contributed by atoms with Crippen LogP contribution in [-0.4, -0.2) is 61.1 Å². The number of carbonyl (C=O) groups is 1. The number of rotatable bonds is 11. The van der Waals surface area contributed by atoms with Gasteiger partial charge in [0.25, 0.3) is 5.91 Å². The number of nitrogens with one attached hydrogen (secondary N) is 1. The summed E-state index contributed by atoms with van der Waals surface area (Å²) in [5.41, 5.74) is 4.88. The fraction of sp³-hybridized carbons (Fsp3) is 0.185. The molecule has 0 spiro atoms. The molecule has 0 aliphatic rings. The quantitative estimate of drug-likeness (QED) is 0.174. The molecule has 38 heavy (non-hydrogen) atoms. The van der Waals surface area contributed by atoms with E-state index in [-0.39, 0.29) is 11.7 Å². The maximum absolute atomic E-state index is 12.6. The molecule has 0 aliphatic heterocycles. The molecule has 1 aromatic heterocycles. The number of benzene rings is 3. The van der Waals surface area contributed by atoms with Crippen molar-refractivity contribution in [2.75, 3.05) is 34.2 Å². The number of carbonyl (C=O) groups excluding carboxylic acids is 1. The van der Waals surface area contributed by atoms with Crippen LogP contribution in [0.2, 0.25) is 0 Å². The Morgan fingerprint density at radius 1 is 0.895 bits per heavy atom. The van der Waals surface area contributed by atoms with Gasteiger partial charge in [-0.25, -0.2) is 5.43 Å². The van der Waals surface area contributed by atoms with E-state index in [0.29, 0.717) is 39.5 Å². The maximum atomic E-state index is 12.6. The summed E-state index contributed by atoms with van der Waals surface area (Å²) in [6.07, 6.45) is 1.52. The molecule has 10 nitrogen and oxygen atoms in total. The first-order chi connectivity index (χ1) is 18.6. The predicted molar refractivity (Wildman–Crippen MR) is 146 cm³/mol. The van der Waals surface area contributed by atoms with E-state index in [1.807, 2.05) is 53.1 Å². The minimum atomic E-state index is -0.297. The summed E-state index contributed by atoms with van der Waals surface area (Å²) in [5.74, 6) is 2.81. The number of aromatic nitrogens is 3. The van der Waals surface area contributed by atoms with Crippen molar-refractivity contribution in [1.82, 2.24) is 20.2 Å². The maximum Gasteiger partial charge on any atom is 0.250 e. The number of para-hydroxylation sites is 1. The molecule has 1 N–H and O–H groups in total. The molecular weight excluding hydrogens is 506 g/mol. The van der Waals surface area contributed by atoms with Crippen LogP contribution in [0.1, 0.15) is 5.56 Å². The number of hydrogen-bond donors (Lipinski definition) is 1. The highest BCUT2D eigenvalue weighted by atomic mass is 32.2. The second kappa shape index (κ2) is 12.6. The Balaban J connectivity index is 1.52. The summed E-state index contributed by atoms with van der Waals surface area (Å²) in [6.45, 7) is 0. The van der Waals surface area contributed by atoms with Crippen molar-refractivity contribution < 1.29 is 23.7 Å². The molecule has 4 rings (SSSR count). The molecule has 3 aromatic carbocycles. The third-order valence-corrected chi connectivity index (χ3v) is 6.38. The first-order valence-corrected chi connectivity index (χ1v) is 12.5. The third-order valence-electron chi connectivity index (χ3n) is 5.46. The molecule has 11 heteroatoms. The topological polar surface area (TPSA) is 109 Å². The summed E-state index contributed by atoms with van der Waals surface area (Å²) in [7, 11) is 6.30. The molecule has 4 aromatic rings. The van der Waals surface area contributed by atoms with E-state index in [9.17, 15) is 4.79 Å². The van der Waals surface area contributed by atoms with Crippen LogP contribution >= 0.6 is 11.8 Å². The highest BCUT2D eigenvalue weighted by Gasteiger charge is 2.18. The van der Waals surface area contributed by atoms with Crippen LogP contribution in [0.3, 0.4) is 0 Å². The van der Waals surface area contributed by atoms with Crippen molar-refractivity contribution >= 4 is 23.9 Å². The van der Waals surface area contributed by atoms with Crippen molar-refractivity contribution in [1.29, 1.82) is 0 Å². The van der Waals surface area contributed by atoms with Crippen LogP contribution < -0.4 is 24.4 Å². The summed E-state index contributed by atoms with van der Waals surface area (Å²) < 4.78 is 23.3. The molecule has 1 amide bonds. The fourth-order valence-electron chi connectivity index (χ4n) is 3.60. The van der Waals surface area contributed by atoms with Crippen molar-refractivity contribution in [3.05, 3.63) is 72.3 Å². The first-order valence-electron chi connectivity index (χ1n) is 11.5. The van der Waals surface area contributed by atoms with Crippen LogP contribution in [0.5, 0.6) is 23.0 Å². The molecule has 0 saturated carbocycles. The highest BCUT2D eigenvalue weighted by molar-refractivity contribution is 7.99. The Kier molecular flexibility index (Phi) is 8.83. The van der Waals surface area contributed by atoms with Gasteiger partial charge in [-0.1, -0.05) is 30.0 Å². The van der Waals surface area contributed by atoms with Gasteiger partial charge in [0.1, 0.15) is 11.5 Å². The van der Waals surface area contributed by atoms with Gasteiger partial charge in [-0.3, -0.25) is 9.36 Å². The number of hydrazone groups is 1. The summed E-state index contributed by atoms with van der Waals surface area (Å²) in [5, 5.41) is 13.4. The van der Waals surface area contributed by atoms with Crippen LogP contribution in [0.15, 0.2) is 77.0 Å². The zero-order valence-electron chi connectivity index (χ0n) is 21.4. The van der Waals surface area contributed by atoms with Gasteiger partial charge in [-0.05, 0) is 42.5 Å². The lowest BCUT2D eigenvalue weighted by Crippen LogP contribution is -2.20. The van der Waals surface area contributed by atoms with Gasteiger partial charge in [0.2, 0.25) is 0 Å². The van der Waals surface area contributed by atoms with Crippen molar-refractivity contribution in [2.45, 2.75) is 5.16 Å². The monoisotopic (exact) mass is 533 g/mol. The lowest BCUT2D eigenvalue weighted by Gasteiger charge is -2.12. The van der Waals surface area contributed by atoms with E-state index in [1.54, 1.807) is 46.6 Å². The minimum Gasteiger partial charge on any atom is -0.497 e. The van der Waals surface area contributed by atoms with Crippen molar-refractivity contribution in [3.8, 4) is 40.1 Å². The van der Waals surface area contributed by atoms with Crippen molar-refractivity contribution in [2.24, 2.45) is 5.10 Å². The zero-order valence-corrected chi connectivity index (χ0v) is 22.2. The molecule has 1 heterocycles. The third kappa shape index (κ3) is 6.06. The second-order valence-electron chi connectivity index (χ2n) is 7.74. The SMILES string of the molecule is COc1ccc(C=NNC(=O)CSc2nnc(-c3ccc(OC)c(OC)c3)n2-c2ccccc2)c(OC)c1. The van der Waals surface area contributed by atoms with Gasteiger partial charge < -0.3 is 18.9 Å². The molecular formula is C27H27N5O5S. The van der Waals surface area contributed by atoms with E-state index in [1.165, 1.54) is 18.0 Å². The van der Waals surface area contributed by atoms with E-state index in [4.69, 9.17) is 18.9 Å². The zero-order chi connectivity index (χ0) is 26.9. The lowest BCUT2D eigenvalue weighted by atomic mass is 10.2. The molecule has 0 saturated heterocycles. The molecule has 0 bridgehead atoms. The summed E-state index contributed by atoms with van der Waals surface area (Å²) >= 11 is 1.25. The largest absolute Gasteiger partial charge is 0.497 e. The number of nitrogens with zero attached hydrogens (tertiary/aromatic N) is 4. The van der Waals surface area contributed by atoms with E-state index < -0.39 is 0 Å². The molecule has 0 fully saturated rings. The molecule has 0 atom stereocenters.